The van der Waals surface area contributed by atoms with E-state index in [1.54, 1.807) is 18.2 Å². The third-order valence-electron chi connectivity index (χ3n) is 3.03. The lowest BCUT2D eigenvalue weighted by molar-refractivity contribution is 0.112. The van der Waals surface area contributed by atoms with Crippen LogP contribution in [0.1, 0.15) is 10.4 Å². The molecule has 0 bridgehead atoms. The Morgan fingerprint density at radius 2 is 1.85 bits per heavy atom. The number of rotatable bonds is 3. The maximum atomic E-state index is 12.5. The number of aldehydes is 1. The molecular formula is C14H10N2O3S. The van der Waals surface area contributed by atoms with E-state index in [1.165, 1.54) is 30.6 Å². The zero-order valence-corrected chi connectivity index (χ0v) is 11.1. The van der Waals surface area contributed by atoms with Crippen molar-refractivity contribution in [3.63, 3.8) is 0 Å². The molecule has 0 aliphatic heterocycles. The summed E-state index contributed by atoms with van der Waals surface area (Å²) in [6.07, 6.45) is 3.46. The first kappa shape index (κ1) is 12.6. The highest BCUT2D eigenvalue weighted by atomic mass is 32.2. The van der Waals surface area contributed by atoms with Crippen molar-refractivity contribution in [2.75, 3.05) is 0 Å². The molecule has 0 spiro atoms. The minimum atomic E-state index is -3.63. The van der Waals surface area contributed by atoms with Crippen LogP contribution in [0.25, 0.3) is 11.0 Å². The number of aromatic nitrogens is 2. The number of carbonyl (C=O) groups excluding carboxylic acids is 1. The van der Waals surface area contributed by atoms with Crippen LogP contribution >= 0.6 is 0 Å². The zero-order chi connectivity index (χ0) is 14.2. The number of nitrogens with one attached hydrogen (secondary N) is 1. The number of sulfone groups is 1. The summed E-state index contributed by atoms with van der Waals surface area (Å²) in [5.41, 5.74) is 0.872. The van der Waals surface area contributed by atoms with Crippen LogP contribution in [-0.2, 0) is 9.84 Å². The third-order valence-corrected chi connectivity index (χ3v) is 4.77. The highest BCUT2D eigenvalue weighted by Gasteiger charge is 2.19. The zero-order valence-electron chi connectivity index (χ0n) is 10.3. The summed E-state index contributed by atoms with van der Waals surface area (Å²) < 4.78 is 24.9. The Morgan fingerprint density at radius 1 is 1.10 bits per heavy atom. The second-order valence-corrected chi connectivity index (χ2v) is 6.20. The van der Waals surface area contributed by atoms with Gasteiger partial charge in [0.25, 0.3) is 0 Å². The molecule has 0 fully saturated rings. The Kier molecular flexibility index (Phi) is 2.87. The number of hydrogen-bond donors (Lipinski definition) is 1. The summed E-state index contributed by atoms with van der Waals surface area (Å²) >= 11 is 0. The normalized spacial score (nSPS) is 11.6. The van der Waals surface area contributed by atoms with E-state index in [2.05, 4.69) is 9.97 Å². The summed E-state index contributed by atoms with van der Waals surface area (Å²) in [5.74, 6) is 0. The van der Waals surface area contributed by atoms with Gasteiger partial charge < -0.3 is 4.98 Å². The van der Waals surface area contributed by atoms with Gasteiger partial charge in [-0.2, -0.15) is 0 Å². The summed E-state index contributed by atoms with van der Waals surface area (Å²) in [6.45, 7) is 0. The molecule has 0 radical (unpaired) electrons. The molecule has 2 aromatic heterocycles. The largest absolute Gasteiger partial charge is 0.345 e. The molecule has 6 heteroatoms. The first-order chi connectivity index (χ1) is 9.63. The summed E-state index contributed by atoms with van der Waals surface area (Å²) in [5, 5.41) is 0.497. The Morgan fingerprint density at radius 3 is 2.55 bits per heavy atom. The molecule has 5 nitrogen and oxygen atoms in total. The van der Waals surface area contributed by atoms with Crippen molar-refractivity contribution in [2.45, 2.75) is 9.79 Å². The lowest BCUT2D eigenvalue weighted by Crippen LogP contribution is -2.02. The van der Waals surface area contributed by atoms with Gasteiger partial charge in [-0.25, -0.2) is 13.4 Å². The predicted molar refractivity (Wildman–Crippen MR) is 73.4 cm³/mol. The second-order valence-electron chi connectivity index (χ2n) is 4.25. The van der Waals surface area contributed by atoms with Crippen LogP contribution in [0.5, 0.6) is 0 Å². The first-order valence-electron chi connectivity index (χ1n) is 5.85. The molecule has 0 saturated carbocycles. The summed E-state index contributed by atoms with van der Waals surface area (Å²) in [6, 6.07) is 9.58. The van der Waals surface area contributed by atoms with Crippen molar-refractivity contribution in [3.05, 3.63) is 54.4 Å². The van der Waals surface area contributed by atoms with Gasteiger partial charge in [0.15, 0.2) is 6.29 Å². The molecule has 3 aromatic rings. The van der Waals surface area contributed by atoms with E-state index < -0.39 is 9.84 Å². The van der Waals surface area contributed by atoms with E-state index in [0.29, 0.717) is 22.9 Å². The molecule has 1 N–H and O–H groups in total. The molecule has 0 saturated heterocycles. The minimum Gasteiger partial charge on any atom is -0.345 e. The number of pyridine rings is 1. The Hall–Kier alpha value is -2.47. The highest BCUT2D eigenvalue weighted by Crippen LogP contribution is 2.24. The standard InChI is InChI=1S/C14H10N2O3S/c17-9-10-7-15-14-13(10)6-12(8-16-14)20(18,19)11-4-2-1-3-5-11/h1-9H,(H,15,16). The molecule has 0 aliphatic carbocycles. The van der Waals surface area contributed by atoms with Crippen molar-refractivity contribution in [1.29, 1.82) is 0 Å². The van der Waals surface area contributed by atoms with Gasteiger partial charge in [0, 0.05) is 23.3 Å². The van der Waals surface area contributed by atoms with E-state index in [0.717, 1.165) is 0 Å². The number of hydrogen-bond acceptors (Lipinski definition) is 4. The average molecular weight is 286 g/mol. The third kappa shape index (κ3) is 1.90. The van der Waals surface area contributed by atoms with Crippen molar-refractivity contribution in [2.24, 2.45) is 0 Å². The van der Waals surface area contributed by atoms with Crippen LogP contribution in [0.4, 0.5) is 0 Å². The number of aromatic amines is 1. The van der Waals surface area contributed by atoms with E-state index in [-0.39, 0.29) is 9.79 Å². The Labute approximate surface area is 115 Å². The lowest BCUT2D eigenvalue weighted by Gasteiger charge is -2.04. The fraction of sp³-hybridized carbons (Fsp3) is 0. The number of benzene rings is 1. The van der Waals surface area contributed by atoms with Gasteiger partial charge in [-0.3, -0.25) is 4.79 Å². The quantitative estimate of drug-likeness (QED) is 0.749. The van der Waals surface area contributed by atoms with Gasteiger partial charge in [0.1, 0.15) is 5.65 Å². The maximum absolute atomic E-state index is 12.5. The summed E-state index contributed by atoms with van der Waals surface area (Å²) in [7, 11) is -3.63. The number of nitrogens with zero attached hydrogens (tertiary/aromatic N) is 1. The van der Waals surface area contributed by atoms with Crippen molar-refractivity contribution >= 4 is 27.2 Å². The molecule has 0 unspecified atom stereocenters. The average Bonchev–Trinajstić information content (AvgIpc) is 2.90. The first-order valence-corrected chi connectivity index (χ1v) is 7.33. The van der Waals surface area contributed by atoms with Crippen LogP contribution in [-0.4, -0.2) is 24.7 Å². The highest BCUT2D eigenvalue weighted by molar-refractivity contribution is 7.91. The van der Waals surface area contributed by atoms with Crippen molar-refractivity contribution in [3.8, 4) is 0 Å². The van der Waals surface area contributed by atoms with Crippen LogP contribution in [0.15, 0.2) is 58.6 Å². The van der Waals surface area contributed by atoms with Gasteiger partial charge in [0.2, 0.25) is 9.84 Å². The maximum Gasteiger partial charge on any atom is 0.208 e. The number of fused-ring (bicyclic) bond motifs is 1. The van der Waals surface area contributed by atoms with Gasteiger partial charge >= 0.3 is 0 Å². The van der Waals surface area contributed by atoms with E-state index in [1.807, 2.05) is 0 Å². The van der Waals surface area contributed by atoms with Crippen molar-refractivity contribution < 1.29 is 13.2 Å². The topological polar surface area (TPSA) is 79.9 Å². The lowest BCUT2D eigenvalue weighted by atomic mass is 10.2. The Bertz CT molecular complexity index is 883. The van der Waals surface area contributed by atoms with Gasteiger partial charge in [-0.05, 0) is 18.2 Å². The fourth-order valence-electron chi connectivity index (χ4n) is 1.98. The smallest absolute Gasteiger partial charge is 0.208 e. The second kappa shape index (κ2) is 4.57. The van der Waals surface area contributed by atoms with E-state index in [9.17, 15) is 13.2 Å². The monoisotopic (exact) mass is 286 g/mol. The number of carbonyl (C=O) groups is 1. The molecule has 20 heavy (non-hydrogen) atoms. The molecule has 3 rings (SSSR count). The minimum absolute atomic E-state index is 0.0684. The van der Waals surface area contributed by atoms with Gasteiger partial charge in [0.05, 0.1) is 9.79 Å². The van der Waals surface area contributed by atoms with Crippen LogP contribution in [0, 0.1) is 0 Å². The Balaban J connectivity index is 2.22. The number of H-pyrrole nitrogens is 1. The van der Waals surface area contributed by atoms with Crippen LogP contribution in [0.2, 0.25) is 0 Å². The molecule has 0 amide bonds. The van der Waals surface area contributed by atoms with E-state index in [4.69, 9.17) is 0 Å². The molecule has 1 aromatic carbocycles. The predicted octanol–water partition coefficient (Wildman–Crippen LogP) is 2.21. The molecule has 100 valence electrons. The van der Waals surface area contributed by atoms with Crippen LogP contribution < -0.4 is 0 Å². The van der Waals surface area contributed by atoms with Gasteiger partial charge in [-0.1, -0.05) is 18.2 Å². The summed E-state index contributed by atoms with van der Waals surface area (Å²) in [4.78, 5) is 18.1. The van der Waals surface area contributed by atoms with E-state index >= 15 is 0 Å². The van der Waals surface area contributed by atoms with Gasteiger partial charge in [-0.15, -0.1) is 0 Å². The molecular weight excluding hydrogens is 276 g/mol. The molecule has 2 heterocycles. The van der Waals surface area contributed by atoms with Crippen LogP contribution in [0.3, 0.4) is 0 Å². The molecule has 0 aliphatic rings. The fourth-order valence-corrected chi connectivity index (χ4v) is 3.24. The SMILES string of the molecule is O=Cc1c[nH]c2ncc(S(=O)(=O)c3ccccc3)cc12. The van der Waals surface area contributed by atoms with Crippen molar-refractivity contribution in [1.82, 2.24) is 9.97 Å². The molecule has 0 atom stereocenters.